The van der Waals surface area contributed by atoms with Crippen molar-refractivity contribution in [3.8, 4) is 0 Å². The summed E-state index contributed by atoms with van der Waals surface area (Å²) < 4.78 is 2.20. The van der Waals surface area contributed by atoms with Crippen LogP contribution >= 0.6 is 43.2 Å². The van der Waals surface area contributed by atoms with Crippen molar-refractivity contribution in [3.63, 3.8) is 0 Å². The van der Waals surface area contributed by atoms with Crippen molar-refractivity contribution in [2.24, 2.45) is 0 Å². The zero-order valence-electron chi connectivity index (χ0n) is 10.2. The van der Waals surface area contributed by atoms with E-state index < -0.39 is 0 Å². The first-order chi connectivity index (χ1) is 8.56. The van der Waals surface area contributed by atoms with Gasteiger partial charge in [0.2, 0.25) is 0 Å². The Morgan fingerprint density at radius 2 is 2.17 bits per heavy atom. The SMILES string of the molecule is Cc1cnc(CNC(C)c2ccc(Br)cc2Br)s1. The first-order valence-electron chi connectivity index (χ1n) is 5.66. The Bertz CT molecular complexity index is 540. The Hall–Kier alpha value is -0.230. The van der Waals surface area contributed by atoms with E-state index in [0.29, 0.717) is 0 Å². The molecule has 18 heavy (non-hydrogen) atoms. The fourth-order valence-electron chi connectivity index (χ4n) is 1.69. The molecule has 0 amide bonds. The summed E-state index contributed by atoms with van der Waals surface area (Å²) >= 11 is 8.80. The van der Waals surface area contributed by atoms with E-state index in [4.69, 9.17) is 0 Å². The number of aromatic nitrogens is 1. The molecule has 0 bridgehead atoms. The molecule has 0 aliphatic carbocycles. The van der Waals surface area contributed by atoms with Gasteiger partial charge < -0.3 is 5.32 Å². The zero-order valence-corrected chi connectivity index (χ0v) is 14.2. The number of hydrogen-bond acceptors (Lipinski definition) is 3. The standard InChI is InChI=1S/C13H14Br2N2S/c1-8-6-17-13(18-8)7-16-9(2)11-4-3-10(14)5-12(11)15/h3-6,9,16H,7H2,1-2H3. The summed E-state index contributed by atoms with van der Waals surface area (Å²) in [5, 5.41) is 4.62. The van der Waals surface area contributed by atoms with Crippen LogP contribution in [0.1, 0.15) is 28.4 Å². The maximum atomic E-state index is 4.35. The van der Waals surface area contributed by atoms with Crippen LogP contribution in [-0.2, 0) is 6.54 Å². The number of aryl methyl sites for hydroxylation is 1. The van der Waals surface area contributed by atoms with E-state index in [2.05, 4.69) is 74.2 Å². The van der Waals surface area contributed by atoms with E-state index in [-0.39, 0.29) is 6.04 Å². The molecular weight excluding hydrogens is 376 g/mol. The molecule has 0 spiro atoms. The van der Waals surface area contributed by atoms with E-state index in [1.54, 1.807) is 11.3 Å². The van der Waals surface area contributed by atoms with Crippen LogP contribution in [0.3, 0.4) is 0 Å². The van der Waals surface area contributed by atoms with E-state index in [0.717, 1.165) is 20.5 Å². The van der Waals surface area contributed by atoms with Crippen molar-refractivity contribution < 1.29 is 0 Å². The highest BCUT2D eigenvalue weighted by Crippen LogP contribution is 2.27. The van der Waals surface area contributed by atoms with Crippen molar-refractivity contribution in [2.45, 2.75) is 26.4 Å². The molecule has 1 N–H and O–H groups in total. The lowest BCUT2D eigenvalue weighted by Gasteiger charge is -2.15. The second-order valence-corrected chi connectivity index (χ2v) is 7.22. The summed E-state index contributed by atoms with van der Waals surface area (Å²) in [6.45, 7) is 5.05. The molecule has 0 saturated heterocycles. The number of hydrogen-bond donors (Lipinski definition) is 1. The Morgan fingerprint density at radius 1 is 1.39 bits per heavy atom. The lowest BCUT2D eigenvalue weighted by Crippen LogP contribution is -2.18. The summed E-state index contributed by atoms with van der Waals surface area (Å²) in [5.74, 6) is 0. The van der Waals surface area contributed by atoms with Crippen LogP contribution in [0.4, 0.5) is 0 Å². The molecule has 1 heterocycles. The Balaban J connectivity index is 2.01. The highest BCUT2D eigenvalue weighted by atomic mass is 79.9. The van der Waals surface area contributed by atoms with Gasteiger partial charge in [-0.25, -0.2) is 4.98 Å². The number of nitrogens with one attached hydrogen (secondary N) is 1. The Kier molecular flexibility index (Phi) is 4.95. The molecule has 2 nitrogen and oxygen atoms in total. The molecule has 0 fully saturated rings. The normalized spacial score (nSPS) is 12.7. The zero-order chi connectivity index (χ0) is 13.1. The van der Waals surface area contributed by atoms with E-state index in [1.807, 2.05) is 6.20 Å². The van der Waals surface area contributed by atoms with Crippen molar-refractivity contribution in [3.05, 3.63) is 48.8 Å². The van der Waals surface area contributed by atoms with E-state index in [9.17, 15) is 0 Å². The summed E-state index contributed by atoms with van der Waals surface area (Å²) in [6.07, 6.45) is 1.92. The van der Waals surface area contributed by atoms with Gasteiger partial charge in [0.05, 0.1) is 0 Å². The minimum Gasteiger partial charge on any atom is -0.304 e. The third kappa shape index (κ3) is 3.63. The average molecular weight is 390 g/mol. The summed E-state index contributed by atoms with van der Waals surface area (Å²) in [6, 6.07) is 6.54. The van der Waals surface area contributed by atoms with Crippen LogP contribution in [0.25, 0.3) is 0 Å². The van der Waals surface area contributed by atoms with Gasteiger partial charge in [-0.05, 0) is 31.5 Å². The smallest absolute Gasteiger partial charge is 0.107 e. The molecule has 1 atom stereocenters. The number of thiazole rings is 1. The second kappa shape index (κ2) is 6.28. The predicted molar refractivity (Wildman–Crippen MR) is 83.9 cm³/mol. The Morgan fingerprint density at radius 3 is 2.78 bits per heavy atom. The van der Waals surface area contributed by atoms with Gasteiger partial charge in [0, 0.05) is 32.6 Å². The number of benzene rings is 1. The lowest BCUT2D eigenvalue weighted by molar-refractivity contribution is 0.571. The molecule has 2 aromatic rings. The number of rotatable bonds is 4. The highest BCUT2D eigenvalue weighted by Gasteiger charge is 2.10. The van der Waals surface area contributed by atoms with Crippen LogP contribution in [0.15, 0.2) is 33.3 Å². The van der Waals surface area contributed by atoms with E-state index >= 15 is 0 Å². The highest BCUT2D eigenvalue weighted by molar-refractivity contribution is 9.11. The summed E-state index contributed by atoms with van der Waals surface area (Å²) in [5.41, 5.74) is 1.26. The topological polar surface area (TPSA) is 24.9 Å². The largest absolute Gasteiger partial charge is 0.304 e. The van der Waals surface area contributed by atoms with Gasteiger partial charge >= 0.3 is 0 Å². The van der Waals surface area contributed by atoms with Crippen LogP contribution in [-0.4, -0.2) is 4.98 Å². The molecule has 96 valence electrons. The molecule has 0 saturated carbocycles. The first-order valence-corrected chi connectivity index (χ1v) is 8.06. The quantitative estimate of drug-likeness (QED) is 0.810. The van der Waals surface area contributed by atoms with Crippen molar-refractivity contribution in [1.82, 2.24) is 10.3 Å². The second-order valence-electron chi connectivity index (χ2n) is 4.13. The first kappa shape index (κ1) is 14.2. The maximum absolute atomic E-state index is 4.35. The average Bonchev–Trinajstić information content (AvgIpc) is 2.72. The molecule has 0 aliphatic heterocycles. The van der Waals surface area contributed by atoms with Gasteiger partial charge in [0.15, 0.2) is 0 Å². The van der Waals surface area contributed by atoms with Gasteiger partial charge in [-0.3, -0.25) is 0 Å². The van der Waals surface area contributed by atoms with Crippen LogP contribution in [0, 0.1) is 6.92 Å². The van der Waals surface area contributed by atoms with Gasteiger partial charge in [-0.1, -0.05) is 37.9 Å². The molecule has 2 rings (SSSR count). The van der Waals surface area contributed by atoms with Crippen molar-refractivity contribution in [1.29, 1.82) is 0 Å². The van der Waals surface area contributed by atoms with Gasteiger partial charge in [0.1, 0.15) is 5.01 Å². The fourth-order valence-corrected chi connectivity index (χ4v) is 3.81. The fraction of sp³-hybridized carbons (Fsp3) is 0.308. The number of nitrogens with zero attached hydrogens (tertiary/aromatic N) is 1. The third-order valence-corrected chi connectivity index (χ3v) is 4.75. The van der Waals surface area contributed by atoms with Gasteiger partial charge in [-0.15, -0.1) is 11.3 Å². The molecular formula is C13H14Br2N2S. The molecule has 5 heteroatoms. The molecule has 0 radical (unpaired) electrons. The van der Waals surface area contributed by atoms with Crippen LogP contribution in [0.5, 0.6) is 0 Å². The summed E-state index contributed by atoms with van der Waals surface area (Å²) in [7, 11) is 0. The minimum absolute atomic E-state index is 0.289. The van der Waals surface area contributed by atoms with Crippen molar-refractivity contribution in [2.75, 3.05) is 0 Å². The monoisotopic (exact) mass is 388 g/mol. The summed E-state index contributed by atoms with van der Waals surface area (Å²) in [4.78, 5) is 5.61. The maximum Gasteiger partial charge on any atom is 0.107 e. The number of halogens is 2. The van der Waals surface area contributed by atoms with E-state index in [1.165, 1.54) is 10.4 Å². The predicted octanol–water partition coefficient (Wildman–Crippen LogP) is 4.83. The van der Waals surface area contributed by atoms with Gasteiger partial charge in [-0.2, -0.15) is 0 Å². The van der Waals surface area contributed by atoms with Gasteiger partial charge in [0.25, 0.3) is 0 Å². The molecule has 1 aromatic carbocycles. The van der Waals surface area contributed by atoms with Crippen LogP contribution < -0.4 is 5.32 Å². The Labute approximate surface area is 128 Å². The molecule has 1 unspecified atom stereocenters. The lowest BCUT2D eigenvalue weighted by atomic mass is 10.1. The minimum atomic E-state index is 0.289. The van der Waals surface area contributed by atoms with Crippen molar-refractivity contribution >= 4 is 43.2 Å². The molecule has 0 aliphatic rings. The third-order valence-electron chi connectivity index (χ3n) is 2.66. The molecule has 1 aromatic heterocycles. The van der Waals surface area contributed by atoms with Crippen LogP contribution in [0.2, 0.25) is 0 Å².